The van der Waals surface area contributed by atoms with Gasteiger partial charge in [0, 0.05) is 31.1 Å². The Hall–Kier alpha value is -3.27. The van der Waals surface area contributed by atoms with Crippen molar-refractivity contribution in [2.75, 3.05) is 39.4 Å². The lowest BCUT2D eigenvalue weighted by Gasteiger charge is -2.30. The minimum Gasteiger partial charge on any atom is -0.507 e. The third-order valence-electron chi connectivity index (χ3n) is 6.38. The van der Waals surface area contributed by atoms with Gasteiger partial charge in [-0.05, 0) is 30.5 Å². The number of aliphatic hydroxyl groups is 1. The Morgan fingerprint density at radius 3 is 2.59 bits per heavy atom. The van der Waals surface area contributed by atoms with Crippen LogP contribution >= 0.6 is 11.3 Å². The molecule has 176 valence electrons. The summed E-state index contributed by atoms with van der Waals surface area (Å²) >= 11 is 1.47. The quantitative estimate of drug-likeness (QED) is 0.333. The van der Waals surface area contributed by atoms with E-state index in [9.17, 15) is 14.7 Å². The highest BCUT2D eigenvalue weighted by molar-refractivity contribution is 7.10. The fourth-order valence-electron chi connectivity index (χ4n) is 4.54. The van der Waals surface area contributed by atoms with Crippen molar-refractivity contribution in [1.29, 1.82) is 0 Å². The van der Waals surface area contributed by atoms with Crippen molar-refractivity contribution in [3.63, 3.8) is 0 Å². The van der Waals surface area contributed by atoms with Gasteiger partial charge in [-0.15, -0.1) is 11.3 Å². The molecule has 1 atom stereocenters. The fourth-order valence-corrected chi connectivity index (χ4v) is 5.39. The smallest absolute Gasteiger partial charge is 0.295 e. The monoisotopic (exact) mass is 478 g/mol. The summed E-state index contributed by atoms with van der Waals surface area (Å²) in [6, 6.07) is 12.7. The van der Waals surface area contributed by atoms with Gasteiger partial charge in [-0.3, -0.25) is 14.5 Å². The number of carbonyl (C=O) groups is 2. The highest BCUT2D eigenvalue weighted by Crippen LogP contribution is 2.41. The van der Waals surface area contributed by atoms with Gasteiger partial charge in [0.15, 0.2) is 0 Å². The summed E-state index contributed by atoms with van der Waals surface area (Å²) in [6.07, 6.45) is 1.55. The number of ether oxygens (including phenoxy) is 1. The second-order valence-corrected chi connectivity index (χ2v) is 9.33. The van der Waals surface area contributed by atoms with E-state index in [0.717, 1.165) is 23.7 Å². The van der Waals surface area contributed by atoms with E-state index in [1.54, 1.807) is 15.8 Å². The maximum absolute atomic E-state index is 13.2. The van der Waals surface area contributed by atoms with E-state index in [1.807, 2.05) is 54.8 Å². The number of hydrogen-bond acceptors (Lipinski definition) is 7. The Kier molecular flexibility index (Phi) is 6.32. The number of carbonyl (C=O) groups excluding carboxylic acids is 2. The van der Waals surface area contributed by atoms with Crippen LogP contribution in [0.2, 0.25) is 0 Å². The van der Waals surface area contributed by atoms with Crippen molar-refractivity contribution >= 4 is 28.8 Å². The molecule has 5 rings (SSSR count). The van der Waals surface area contributed by atoms with Gasteiger partial charge in [-0.2, -0.15) is 5.10 Å². The largest absolute Gasteiger partial charge is 0.507 e. The second kappa shape index (κ2) is 9.54. The van der Waals surface area contributed by atoms with E-state index in [0.29, 0.717) is 37.6 Å². The van der Waals surface area contributed by atoms with Crippen LogP contribution in [0.4, 0.5) is 0 Å². The van der Waals surface area contributed by atoms with Crippen molar-refractivity contribution in [3.8, 4) is 5.69 Å². The first-order valence-corrected chi connectivity index (χ1v) is 12.2. The zero-order chi connectivity index (χ0) is 23.7. The van der Waals surface area contributed by atoms with Crippen LogP contribution in [0.5, 0.6) is 0 Å². The maximum atomic E-state index is 13.2. The number of ketones is 1. The van der Waals surface area contributed by atoms with Crippen molar-refractivity contribution in [3.05, 3.63) is 75.7 Å². The Morgan fingerprint density at radius 1 is 1.12 bits per heavy atom. The third-order valence-corrected chi connectivity index (χ3v) is 7.30. The van der Waals surface area contributed by atoms with E-state index in [-0.39, 0.29) is 11.3 Å². The normalized spacial score (nSPS) is 20.9. The summed E-state index contributed by atoms with van der Waals surface area (Å²) in [5, 5.41) is 17.7. The number of likely N-dealkylation sites (tertiary alicyclic amines) is 1. The Bertz CT molecular complexity index is 1210. The molecular weight excluding hydrogens is 452 g/mol. The zero-order valence-corrected chi connectivity index (χ0v) is 19.7. The first-order chi connectivity index (χ1) is 16.6. The predicted octanol–water partition coefficient (Wildman–Crippen LogP) is 3.00. The molecule has 0 spiro atoms. The molecule has 4 heterocycles. The number of aromatic nitrogens is 2. The van der Waals surface area contributed by atoms with Crippen LogP contribution in [0.3, 0.4) is 0 Å². The van der Waals surface area contributed by atoms with Crippen LogP contribution in [0, 0.1) is 6.92 Å². The second-order valence-electron chi connectivity index (χ2n) is 8.35. The lowest BCUT2D eigenvalue weighted by Crippen LogP contribution is -2.42. The lowest BCUT2D eigenvalue weighted by atomic mass is 10.00. The predicted molar refractivity (Wildman–Crippen MR) is 129 cm³/mol. The van der Waals surface area contributed by atoms with Crippen molar-refractivity contribution in [2.24, 2.45) is 0 Å². The van der Waals surface area contributed by atoms with Gasteiger partial charge >= 0.3 is 0 Å². The topological polar surface area (TPSA) is 87.9 Å². The van der Waals surface area contributed by atoms with Gasteiger partial charge in [0.1, 0.15) is 5.76 Å². The van der Waals surface area contributed by atoms with Gasteiger partial charge in [0.25, 0.3) is 11.7 Å². The summed E-state index contributed by atoms with van der Waals surface area (Å²) < 4.78 is 7.12. The zero-order valence-electron chi connectivity index (χ0n) is 18.9. The molecule has 0 saturated carbocycles. The molecule has 1 N–H and O–H groups in total. The average molecular weight is 479 g/mol. The molecule has 1 amide bonds. The number of benzene rings is 1. The summed E-state index contributed by atoms with van der Waals surface area (Å²) in [6.45, 7) is 5.80. The molecule has 34 heavy (non-hydrogen) atoms. The van der Waals surface area contributed by atoms with Crippen molar-refractivity contribution in [1.82, 2.24) is 19.6 Å². The molecule has 0 bridgehead atoms. The highest BCUT2D eigenvalue weighted by Gasteiger charge is 2.46. The molecule has 2 aliphatic rings. The standard InChI is InChI=1S/C25H26N4O4S/c1-17-19(16-26-29(17)18-6-3-2-4-7-18)23(30)21-22(20-8-5-15-34-20)28(25(32)24(21)31)10-9-27-11-13-33-14-12-27/h2-8,15-16,22,30H,9-14H2,1H3/b23-21+/t22-/m0/s1. The van der Waals surface area contributed by atoms with Gasteiger partial charge in [-0.1, -0.05) is 24.3 Å². The Morgan fingerprint density at radius 2 is 1.88 bits per heavy atom. The number of thiophene rings is 1. The molecule has 2 fully saturated rings. The first-order valence-electron chi connectivity index (χ1n) is 11.3. The molecule has 0 unspecified atom stereocenters. The molecule has 2 saturated heterocycles. The minimum absolute atomic E-state index is 0.116. The number of rotatable bonds is 6. The van der Waals surface area contributed by atoms with Crippen molar-refractivity contribution < 1.29 is 19.4 Å². The third kappa shape index (κ3) is 4.06. The van der Waals surface area contributed by atoms with Gasteiger partial charge in [0.05, 0.1) is 48.0 Å². The van der Waals surface area contributed by atoms with E-state index >= 15 is 0 Å². The maximum Gasteiger partial charge on any atom is 0.295 e. The average Bonchev–Trinajstić information content (AvgIpc) is 3.58. The molecule has 2 aliphatic heterocycles. The summed E-state index contributed by atoms with van der Waals surface area (Å²) in [4.78, 5) is 31.0. The Balaban J connectivity index is 1.52. The molecule has 3 aromatic rings. The van der Waals surface area contributed by atoms with Crippen molar-refractivity contribution in [2.45, 2.75) is 13.0 Å². The van der Waals surface area contributed by atoms with Gasteiger partial charge < -0.3 is 14.7 Å². The number of amides is 1. The number of para-hydroxylation sites is 1. The summed E-state index contributed by atoms with van der Waals surface area (Å²) in [5.74, 6) is -1.43. The number of morpholine rings is 1. The molecule has 9 heteroatoms. The highest BCUT2D eigenvalue weighted by atomic mass is 32.1. The molecule has 2 aromatic heterocycles. The van der Waals surface area contributed by atoms with Crippen LogP contribution in [-0.4, -0.2) is 75.8 Å². The SMILES string of the molecule is Cc1c(/C(O)=C2\C(=O)C(=O)N(CCN3CCOCC3)[C@H]2c2cccs2)cnn1-c1ccccc1. The van der Waals surface area contributed by atoms with E-state index < -0.39 is 17.7 Å². The van der Waals surface area contributed by atoms with Crippen LogP contribution in [0.15, 0.2) is 59.6 Å². The van der Waals surface area contributed by atoms with E-state index in [4.69, 9.17) is 4.74 Å². The number of hydrogen-bond donors (Lipinski definition) is 1. The summed E-state index contributed by atoms with van der Waals surface area (Å²) in [7, 11) is 0. The Labute approximate surface area is 201 Å². The number of Topliss-reactive ketones (excluding diaryl/α,β-unsaturated/α-hetero) is 1. The minimum atomic E-state index is -0.662. The van der Waals surface area contributed by atoms with Crippen LogP contribution in [0.1, 0.15) is 22.2 Å². The lowest BCUT2D eigenvalue weighted by molar-refractivity contribution is -0.140. The van der Waals surface area contributed by atoms with Crippen LogP contribution in [-0.2, 0) is 14.3 Å². The fraction of sp³-hybridized carbons (Fsp3) is 0.320. The molecule has 1 aromatic carbocycles. The number of aliphatic hydroxyl groups excluding tert-OH is 1. The molecular formula is C25H26N4O4S. The van der Waals surface area contributed by atoms with Gasteiger partial charge in [-0.25, -0.2) is 4.68 Å². The van der Waals surface area contributed by atoms with Crippen LogP contribution < -0.4 is 0 Å². The number of nitrogens with zero attached hydrogens (tertiary/aromatic N) is 4. The van der Waals surface area contributed by atoms with E-state index in [2.05, 4.69) is 10.00 Å². The first kappa shape index (κ1) is 22.5. The summed E-state index contributed by atoms with van der Waals surface area (Å²) in [5.41, 5.74) is 2.09. The van der Waals surface area contributed by atoms with Crippen LogP contribution in [0.25, 0.3) is 11.4 Å². The molecule has 0 aliphatic carbocycles. The molecule has 0 radical (unpaired) electrons. The molecule has 8 nitrogen and oxygen atoms in total. The van der Waals surface area contributed by atoms with E-state index in [1.165, 1.54) is 11.3 Å². The van der Waals surface area contributed by atoms with Gasteiger partial charge in [0.2, 0.25) is 0 Å².